The number of amidine groups is 1. The van der Waals surface area contributed by atoms with Gasteiger partial charge in [-0.25, -0.2) is 4.99 Å². The molecule has 0 unspecified atom stereocenters. The predicted octanol–water partition coefficient (Wildman–Crippen LogP) is 6.50. The maximum Gasteiger partial charge on any atom is 0.220 e. The molecule has 2 aliphatic rings. The van der Waals surface area contributed by atoms with Crippen LogP contribution in [0.15, 0.2) is 75.6 Å². The lowest BCUT2D eigenvalue weighted by molar-refractivity contribution is 0.356. The van der Waals surface area contributed by atoms with Crippen LogP contribution in [0.4, 0.5) is 0 Å². The molecule has 1 aromatic carbocycles. The van der Waals surface area contributed by atoms with E-state index in [9.17, 15) is 0 Å². The van der Waals surface area contributed by atoms with Gasteiger partial charge in [-0.05, 0) is 63.2 Å². The number of halogens is 1. The number of aliphatic imine (C=N–C) groups is 2. The Balaban J connectivity index is 0.000000340. The molecule has 1 aliphatic heterocycles. The van der Waals surface area contributed by atoms with Gasteiger partial charge in [-0.2, -0.15) is 4.99 Å². The SMILES string of the molecule is C=CC/C=C\C=C1/CN=C(NCC2CCCCC2)N=C1N(C)CC.CNSc1ccccc1Cl. The number of guanidine groups is 1. The summed E-state index contributed by atoms with van der Waals surface area (Å²) in [6, 6.07) is 7.73. The van der Waals surface area contributed by atoms with Crippen LogP contribution < -0.4 is 10.0 Å². The summed E-state index contributed by atoms with van der Waals surface area (Å²) in [5.74, 6) is 2.60. The van der Waals surface area contributed by atoms with Gasteiger partial charge in [0.1, 0.15) is 5.84 Å². The molecular formula is C27H40ClN5S. The Labute approximate surface area is 215 Å². The molecule has 2 N–H and O–H groups in total. The topological polar surface area (TPSA) is 52.0 Å². The number of hydrogen-bond acceptors (Lipinski definition) is 6. The maximum absolute atomic E-state index is 5.84. The molecule has 1 aliphatic carbocycles. The summed E-state index contributed by atoms with van der Waals surface area (Å²) >= 11 is 7.36. The highest BCUT2D eigenvalue weighted by atomic mass is 35.5. The van der Waals surface area contributed by atoms with E-state index in [0.717, 1.165) is 47.1 Å². The second kappa shape index (κ2) is 16.6. The summed E-state index contributed by atoms with van der Waals surface area (Å²) in [6.45, 7) is 8.51. The molecule has 1 aromatic rings. The van der Waals surface area contributed by atoms with Crippen LogP contribution in [0.1, 0.15) is 45.4 Å². The van der Waals surface area contributed by atoms with E-state index in [1.165, 1.54) is 49.6 Å². The van der Waals surface area contributed by atoms with Crippen molar-refractivity contribution < 1.29 is 0 Å². The Kier molecular flexibility index (Phi) is 13.8. The third-order valence-electron chi connectivity index (χ3n) is 5.79. The molecule has 5 nitrogen and oxygen atoms in total. The van der Waals surface area contributed by atoms with E-state index >= 15 is 0 Å². The van der Waals surface area contributed by atoms with Crippen molar-refractivity contribution in [3.8, 4) is 0 Å². The van der Waals surface area contributed by atoms with Gasteiger partial charge in [0.25, 0.3) is 0 Å². The van der Waals surface area contributed by atoms with E-state index in [4.69, 9.17) is 16.6 Å². The summed E-state index contributed by atoms with van der Waals surface area (Å²) in [7, 11) is 3.96. The van der Waals surface area contributed by atoms with Crippen molar-refractivity contribution in [1.29, 1.82) is 0 Å². The highest BCUT2D eigenvalue weighted by Gasteiger charge is 2.18. The molecule has 1 fully saturated rings. The monoisotopic (exact) mass is 501 g/mol. The zero-order valence-electron chi connectivity index (χ0n) is 20.9. The zero-order chi connectivity index (χ0) is 24.6. The summed E-state index contributed by atoms with van der Waals surface area (Å²) in [5.41, 5.74) is 1.17. The van der Waals surface area contributed by atoms with Crippen LogP contribution in [0, 0.1) is 5.92 Å². The van der Waals surface area contributed by atoms with Crippen molar-refractivity contribution in [3.05, 3.63) is 65.7 Å². The van der Waals surface area contributed by atoms with Gasteiger partial charge >= 0.3 is 0 Å². The average Bonchev–Trinajstić information content (AvgIpc) is 2.88. The fourth-order valence-corrected chi connectivity index (χ4v) is 4.55. The molecule has 0 amide bonds. The third-order valence-corrected chi connectivity index (χ3v) is 7.01. The molecule has 1 saturated carbocycles. The van der Waals surface area contributed by atoms with Gasteiger partial charge in [0, 0.05) is 30.6 Å². The Hall–Kier alpha value is -2.02. The first-order valence-corrected chi connectivity index (χ1v) is 13.4. The number of nitrogens with one attached hydrogen (secondary N) is 2. The van der Waals surface area contributed by atoms with Gasteiger partial charge in [-0.1, -0.05) is 67.3 Å². The first kappa shape index (κ1) is 28.2. The second-order valence-corrected chi connectivity index (χ2v) is 9.81. The smallest absolute Gasteiger partial charge is 0.220 e. The van der Waals surface area contributed by atoms with Crippen LogP contribution in [0.3, 0.4) is 0 Å². The summed E-state index contributed by atoms with van der Waals surface area (Å²) in [5, 5.41) is 4.27. The lowest BCUT2D eigenvalue weighted by Crippen LogP contribution is -2.37. The van der Waals surface area contributed by atoms with Gasteiger partial charge in [-0.3, -0.25) is 4.72 Å². The number of nitrogens with zero attached hydrogens (tertiary/aromatic N) is 3. The van der Waals surface area contributed by atoms with Crippen molar-refractivity contribution >= 4 is 35.3 Å². The van der Waals surface area contributed by atoms with E-state index in [-0.39, 0.29) is 0 Å². The maximum atomic E-state index is 5.84. The molecule has 0 aromatic heterocycles. The summed E-state index contributed by atoms with van der Waals surface area (Å²) in [6.07, 6.45) is 15.9. The molecule has 0 atom stereocenters. The molecule has 0 saturated heterocycles. The fraction of sp³-hybridized carbons (Fsp3) is 0.481. The molecule has 7 heteroatoms. The van der Waals surface area contributed by atoms with E-state index in [1.54, 1.807) is 0 Å². The first-order valence-electron chi connectivity index (χ1n) is 12.2. The molecule has 3 rings (SSSR count). The van der Waals surface area contributed by atoms with Gasteiger partial charge in [-0.15, -0.1) is 6.58 Å². The van der Waals surface area contributed by atoms with E-state index < -0.39 is 0 Å². The minimum atomic E-state index is 0.689. The quantitative estimate of drug-likeness (QED) is 0.315. The fourth-order valence-electron chi connectivity index (χ4n) is 3.76. The van der Waals surface area contributed by atoms with Crippen molar-refractivity contribution in [2.24, 2.45) is 15.9 Å². The van der Waals surface area contributed by atoms with E-state index in [1.807, 2.05) is 37.4 Å². The summed E-state index contributed by atoms with van der Waals surface area (Å²) < 4.78 is 2.96. The number of allylic oxidation sites excluding steroid dienone is 4. The van der Waals surface area contributed by atoms with Crippen LogP contribution in [0.5, 0.6) is 0 Å². The Morgan fingerprint density at radius 2 is 2.00 bits per heavy atom. The lowest BCUT2D eigenvalue weighted by atomic mass is 9.89. The standard InChI is InChI=1S/C20H32N4.C7H8ClNS/c1-4-6-7-11-14-18-16-22-20(23-19(18)24(3)5-2)21-15-17-12-9-8-10-13-17;1-9-10-7-5-3-2-4-6(7)8/h4,7,11,14,17H,1,5-6,8-10,12-13,15-16H2,2-3H3,(H,21,22);2-5,9H,1H3/b11-7-,18-14+;. The van der Waals surface area contributed by atoms with Crippen molar-refractivity contribution in [2.45, 2.75) is 50.3 Å². The van der Waals surface area contributed by atoms with Gasteiger partial charge in [0.05, 0.1) is 11.6 Å². The number of likely N-dealkylation sites (N-methyl/N-ethyl adjacent to an activating group) is 1. The van der Waals surface area contributed by atoms with Gasteiger partial charge < -0.3 is 10.2 Å². The molecule has 186 valence electrons. The minimum Gasteiger partial charge on any atom is -0.360 e. The van der Waals surface area contributed by atoms with Crippen molar-refractivity contribution in [1.82, 2.24) is 14.9 Å². The average molecular weight is 502 g/mol. The number of rotatable bonds is 8. The zero-order valence-corrected chi connectivity index (χ0v) is 22.5. The number of benzene rings is 1. The second-order valence-electron chi connectivity index (χ2n) is 8.36. The number of hydrogen-bond donors (Lipinski definition) is 2. The highest BCUT2D eigenvalue weighted by molar-refractivity contribution is 7.97. The third kappa shape index (κ3) is 10.1. The minimum absolute atomic E-state index is 0.689. The van der Waals surface area contributed by atoms with Crippen LogP contribution in [-0.2, 0) is 0 Å². The Morgan fingerprint density at radius 3 is 2.68 bits per heavy atom. The van der Waals surface area contributed by atoms with Crippen LogP contribution in [0.2, 0.25) is 5.02 Å². The van der Waals surface area contributed by atoms with Crippen LogP contribution in [-0.4, -0.2) is 50.4 Å². The van der Waals surface area contributed by atoms with Crippen LogP contribution >= 0.6 is 23.5 Å². The van der Waals surface area contributed by atoms with Crippen LogP contribution in [0.25, 0.3) is 0 Å². The normalized spacial score (nSPS) is 17.6. The van der Waals surface area contributed by atoms with Crippen molar-refractivity contribution in [2.75, 3.05) is 33.7 Å². The molecule has 1 heterocycles. The lowest BCUT2D eigenvalue weighted by Gasteiger charge is -2.26. The highest BCUT2D eigenvalue weighted by Crippen LogP contribution is 2.24. The van der Waals surface area contributed by atoms with Crippen molar-refractivity contribution in [3.63, 3.8) is 0 Å². The molecule has 0 radical (unpaired) electrons. The predicted molar refractivity (Wildman–Crippen MR) is 151 cm³/mol. The van der Waals surface area contributed by atoms with Gasteiger partial charge in [0.15, 0.2) is 0 Å². The Morgan fingerprint density at radius 1 is 1.24 bits per heavy atom. The molecule has 34 heavy (non-hydrogen) atoms. The van der Waals surface area contributed by atoms with E-state index in [0.29, 0.717) is 6.54 Å². The Bertz CT molecular complexity index is 872. The molecule has 0 bridgehead atoms. The van der Waals surface area contributed by atoms with Gasteiger partial charge in [0.2, 0.25) is 5.96 Å². The summed E-state index contributed by atoms with van der Waals surface area (Å²) in [4.78, 5) is 12.7. The molecular weight excluding hydrogens is 462 g/mol. The van der Waals surface area contributed by atoms with E-state index in [2.05, 4.69) is 58.7 Å². The molecule has 0 spiro atoms. The largest absolute Gasteiger partial charge is 0.360 e. The first-order chi connectivity index (χ1) is 16.6.